The molecule has 0 heterocycles. The van der Waals surface area contributed by atoms with Crippen LogP contribution in [0.1, 0.15) is 19.3 Å². The number of hydrogen-bond acceptors (Lipinski definition) is 2. The summed E-state index contributed by atoms with van der Waals surface area (Å²) in [7, 11) is 1.77. The smallest absolute Gasteiger partial charge is 0.166 e. The largest absolute Gasteiger partial charge is 0.391 e. The highest BCUT2D eigenvalue weighted by Crippen LogP contribution is 2.18. The maximum absolute atomic E-state index is 9.38. The third-order valence-corrected chi connectivity index (χ3v) is 2.35. The maximum Gasteiger partial charge on any atom is 0.166 e. The Balaban J connectivity index is 2.30. The van der Waals surface area contributed by atoms with Crippen molar-refractivity contribution >= 4 is 17.3 Å². The van der Waals surface area contributed by atoms with E-state index in [-0.39, 0.29) is 12.1 Å². The lowest BCUT2D eigenvalue weighted by Crippen LogP contribution is -2.43. The standard InChI is InChI=1S/C7H14N2OS/c1-8-7(11)9-5-3-2-4-6(5)10/h5-6,10H,2-4H2,1H3,(H2,8,9,11). The van der Waals surface area contributed by atoms with Crippen LogP contribution in [0, 0.1) is 0 Å². The van der Waals surface area contributed by atoms with Gasteiger partial charge in [-0.25, -0.2) is 0 Å². The molecule has 1 saturated carbocycles. The van der Waals surface area contributed by atoms with Crippen molar-refractivity contribution in [2.45, 2.75) is 31.4 Å². The van der Waals surface area contributed by atoms with Gasteiger partial charge in [-0.15, -0.1) is 0 Å². The molecule has 1 aliphatic rings. The van der Waals surface area contributed by atoms with Crippen molar-refractivity contribution in [2.75, 3.05) is 7.05 Å². The van der Waals surface area contributed by atoms with Gasteiger partial charge in [0.05, 0.1) is 12.1 Å². The summed E-state index contributed by atoms with van der Waals surface area (Å²) in [6.45, 7) is 0. The van der Waals surface area contributed by atoms with Crippen LogP contribution in [-0.2, 0) is 0 Å². The van der Waals surface area contributed by atoms with Gasteiger partial charge in [0.25, 0.3) is 0 Å². The van der Waals surface area contributed by atoms with Crippen LogP contribution in [0.2, 0.25) is 0 Å². The molecule has 2 unspecified atom stereocenters. The fourth-order valence-corrected chi connectivity index (χ4v) is 1.50. The van der Waals surface area contributed by atoms with Crippen molar-refractivity contribution in [3.63, 3.8) is 0 Å². The van der Waals surface area contributed by atoms with Crippen LogP contribution in [0.3, 0.4) is 0 Å². The van der Waals surface area contributed by atoms with E-state index in [1.807, 2.05) is 0 Å². The molecular formula is C7H14N2OS. The summed E-state index contributed by atoms with van der Waals surface area (Å²) >= 11 is 4.91. The number of hydrogen-bond donors (Lipinski definition) is 3. The fraction of sp³-hybridized carbons (Fsp3) is 0.857. The monoisotopic (exact) mass is 174 g/mol. The third-order valence-electron chi connectivity index (χ3n) is 2.02. The average molecular weight is 174 g/mol. The summed E-state index contributed by atoms with van der Waals surface area (Å²) in [4.78, 5) is 0. The topological polar surface area (TPSA) is 44.3 Å². The van der Waals surface area contributed by atoms with E-state index in [1.165, 1.54) is 0 Å². The second-order valence-electron chi connectivity index (χ2n) is 2.83. The van der Waals surface area contributed by atoms with Gasteiger partial charge in [-0.2, -0.15) is 0 Å². The van der Waals surface area contributed by atoms with Crippen LogP contribution < -0.4 is 10.6 Å². The van der Waals surface area contributed by atoms with E-state index in [0.717, 1.165) is 19.3 Å². The summed E-state index contributed by atoms with van der Waals surface area (Å²) in [5.74, 6) is 0. The normalized spacial score (nSPS) is 30.0. The van der Waals surface area contributed by atoms with Crippen LogP contribution in [0.5, 0.6) is 0 Å². The predicted octanol–water partition coefficient (Wildman–Crippen LogP) is -0.00630. The molecule has 0 bridgehead atoms. The molecule has 0 saturated heterocycles. The lowest BCUT2D eigenvalue weighted by molar-refractivity contribution is 0.157. The summed E-state index contributed by atoms with van der Waals surface area (Å²) in [6, 6.07) is 0.162. The second-order valence-corrected chi connectivity index (χ2v) is 3.24. The molecule has 2 atom stereocenters. The van der Waals surface area contributed by atoms with Gasteiger partial charge in [0.1, 0.15) is 0 Å². The predicted molar refractivity (Wildman–Crippen MR) is 48.4 cm³/mol. The molecule has 0 amide bonds. The Morgan fingerprint density at radius 2 is 2.27 bits per heavy atom. The summed E-state index contributed by atoms with van der Waals surface area (Å²) in [5.41, 5.74) is 0. The number of rotatable bonds is 1. The third kappa shape index (κ3) is 2.31. The summed E-state index contributed by atoms with van der Waals surface area (Å²) in [5, 5.41) is 15.9. The fourth-order valence-electron chi connectivity index (χ4n) is 1.35. The highest BCUT2D eigenvalue weighted by Gasteiger charge is 2.24. The molecule has 11 heavy (non-hydrogen) atoms. The molecule has 0 aromatic carbocycles. The maximum atomic E-state index is 9.38. The van der Waals surface area contributed by atoms with Crippen molar-refractivity contribution in [2.24, 2.45) is 0 Å². The molecule has 0 radical (unpaired) electrons. The summed E-state index contributed by atoms with van der Waals surface area (Å²) < 4.78 is 0. The highest BCUT2D eigenvalue weighted by molar-refractivity contribution is 7.80. The molecule has 3 nitrogen and oxygen atoms in total. The van der Waals surface area contributed by atoms with E-state index in [9.17, 15) is 5.11 Å². The molecule has 0 aliphatic heterocycles. The van der Waals surface area contributed by atoms with Crippen molar-refractivity contribution in [1.29, 1.82) is 0 Å². The minimum atomic E-state index is -0.221. The van der Waals surface area contributed by atoms with E-state index in [2.05, 4.69) is 10.6 Å². The van der Waals surface area contributed by atoms with Crippen molar-refractivity contribution in [3.05, 3.63) is 0 Å². The highest BCUT2D eigenvalue weighted by atomic mass is 32.1. The van der Waals surface area contributed by atoms with Gasteiger partial charge in [0, 0.05) is 7.05 Å². The molecule has 4 heteroatoms. The molecule has 1 aliphatic carbocycles. The van der Waals surface area contributed by atoms with E-state index in [1.54, 1.807) is 7.05 Å². The van der Waals surface area contributed by atoms with Crippen LogP contribution in [0.25, 0.3) is 0 Å². The first kappa shape index (κ1) is 8.74. The quantitative estimate of drug-likeness (QED) is 0.489. The molecule has 1 fully saturated rings. The van der Waals surface area contributed by atoms with E-state index >= 15 is 0 Å². The minimum absolute atomic E-state index is 0.162. The first-order valence-electron chi connectivity index (χ1n) is 3.90. The van der Waals surface area contributed by atoms with Crippen LogP contribution in [-0.4, -0.2) is 29.4 Å². The number of aliphatic hydroxyl groups is 1. The van der Waals surface area contributed by atoms with Crippen LogP contribution >= 0.6 is 12.2 Å². The molecule has 3 N–H and O–H groups in total. The first-order chi connectivity index (χ1) is 5.24. The van der Waals surface area contributed by atoms with Gasteiger partial charge in [-0.05, 0) is 31.5 Å². The van der Waals surface area contributed by atoms with Gasteiger partial charge in [-0.3, -0.25) is 0 Å². The zero-order valence-corrected chi connectivity index (χ0v) is 7.45. The van der Waals surface area contributed by atoms with Crippen molar-refractivity contribution in [1.82, 2.24) is 10.6 Å². The Morgan fingerprint density at radius 1 is 1.55 bits per heavy atom. The number of thiocarbonyl (C=S) groups is 1. The number of aliphatic hydroxyl groups excluding tert-OH is 1. The van der Waals surface area contributed by atoms with E-state index in [4.69, 9.17) is 12.2 Å². The Hall–Kier alpha value is -0.350. The van der Waals surface area contributed by atoms with E-state index in [0.29, 0.717) is 5.11 Å². The second kappa shape index (κ2) is 3.88. The van der Waals surface area contributed by atoms with Crippen molar-refractivity contribution < 1.29 is 5.11 Å². The average Bonchev–Trinajstić information content (AvgIpc) is 2.37. The summed E-state index contributed by atoms with van der Waals surface area (Å²) in [6.07, 6.45) is 2.78. The van der Waals surface area contributed by atoms with Crippen LogP contribution in [0.4, 0.5) is 0 Å². The Kier molecular flexibility index (Phi) is 3.08. The van der Waals surface area contributed by atoms with Gasteiger partial charge < -0.3 is 15.7 Å². The number of nitrogens with one attached hydrogen (secondary N) is 2. The SMILES string of the molecule is CNC(=S)NC1CCCC1O. The minimum Gasteiger partial charge on any atom is -0.391 e. The lowest BCUT2D eigenvalue weighted by atomic mass is 10.2. The molecule has 1 rings (SSSR count). The van der Waals surface area contributed by atoms with Crippen LogP contribution in [0.15, 0.2) is 0 Å². The lowest BCUT2D eigenvalue weighted by Gasteiger charge is -2.17. The Bertz CT molecular complexity index is 151. The van der Waals surface area contributed by atoms with Gasteiger partial charge >= 0.3 is 0 Å². The van der Waals surface area contributed by atoms with Gasteiger partial charge in [-0.1, -0.05) is 0 Å². The molecule has 0 aromatic heterocycles. The zero-order valence-electron chi connectivity index (χ0n) is 6.63. The van der Waals surface area contributed by atoms with E-state index < -0.39 is 0 Å². The molecular weight excluding hydrogens is 160 g/mol. The van der Waals surface area contributed by atoms with Crippen molar-refractivity contribution in [3.8, 4) is 0 Å². The van der Waals surface area contributed by atoms with Gasteiger partial charge in [0.2, 0.25) is 0 Å². The molecule has 0 spiro atoms. The Labute approximate surface area is 72.2 Å². The Morgan fingerprint density at radius 3 is 2.73 bits per heavy atom. The zero-order chi connectivity index (χ0) is 8.27. The van der Waals surface area contributed by atoms with Gasteiger partial charge in [0.15, 0.2) is 5.11 Å². The molecule has 64 valence electrons. The first-order valence-corrected chi connectivity index (χ1v) is 4.31. The molecule has 0 aromatic rings.